The van der Waals surface area contributed by atoms with Crippen LogP contribution in [0, 0.1) is 11.3 Å². The van der Waals surface area contributed by atoms with Gasteiger partial charge in [0.15, 0.2) is 9.84 Å². The molecule has 1 saturated carbocycles. The highest BCUT2D eigenvalue weighted by Gasteiger charge is 2.32. The number of sulfone groups is 1. The molecular weight excluding hydrogens is 322 g/mol. The van der Waals surface area contributed by atoms with Crippen molar-refractivity contribution < 1.29 is 13.2 Å². The molecule has 0 atom stereocenters. The second kappa shape index (κ2) is 7.26. The fourth-order valence-electron chi connectivity index (χ4n) is 3.43. The van der Waals surface area contributed by atoms with E-state index in [2.05, 4.69) is 26.1 Å². The molecule has 1 aromatic rings. The summed E-state index contributed by atoms with van der Waals surface area (Å²) in [5.41, 5.74) is 0.884. The van der Waals surface area contributed by atoms with Crippen LogP contribution in [0.1, 0.15) is 63.2 Å². The van der Waals surface area contributed by atoms with E-state index >= 15 is 0 Å². The van der Waals surface area contributed by atoms with Crippen LogP contribution in [0.3, 0.4) is 0 Å². The highest BCUT2D eigenvalue weighted by Crippen LogP contribution is 2.40. The van der Waals surface area contributed by atoms with Gasteiger partial charge in [-0.15, -0.1) is 0 Å². The van der Waals surface area contributed by atoms with Crippen molar-refractivity contribution in [3.05, 3.63) is 29.8 Å². The molecular formula is C19H29NO3S. The van der Waals surface area contributed by atoms with Crippen molar-refractivity contribution in [2.45, 2.75) is 63.8 Å². The first kappa shape index (κ1) is 19.0. The third-order valence-corrected chi connectivity index (χ3v) is 6.75. The molecule has 2 rings (SSSR count). The maximum Gasteiger partial charge on any atom is 0.251 e. The Morgan fingerprint density at radius 1 is 1.12 bits per heavy atom. The quantitative estimate of drug-likeness (QED) is 0.877. The van der Waals surface area contributed by atoms with Gasteiger partial charge in [0.05, 0.1) is 4.90 Å². The molecule has 0 saturated heterocycles. The fourth-order valence-corrected chi connectivity index (χ4v) is 4.06. The number of benzene rings is 1. The molecule has 1 fully saturated rings. The Morgan fingerprint density at radius 3 is 2.12 bits per heavy atom. The van der Waals surface area contributed by atoms with E-state index in [-0.39, 0.29) is 16.8 Å². The Labute approximate surface area is 146 Å². The molecule has 0 spiro atoms. The van der Waals surface area contributed by atoms with Gasteiger partial charge in [0, 0.05) is 17.9 Å². The molecule has 134 valence electrons. The third kappa shape index (κ3) is 4.59. The van der Waals surface area contributed by atoms with Crippen LogP contribution in [0.5, 0.6) is 0 Å². The maximum atomic E-state index is 12.3. The number of hydrogen-bond donors (Lipinski definition) is 1. The van der Waals surface area contributed by atoms with Crippen LogP contribution in [0.2, 0.25) is 0 Å². The van der Waals surface area contributed by atoms with Crippen LogP contribution in [0.25, 0.3) is 0 Å². The second-order valence-electron chi connectivity index (χ2n) is 7.66. The van der Waals surface area contributed by atoms with Crippen LogP contribution in [-0.4, -0.2) is 26.6 Å². The molecule has 0 unspecified atom stereocenters. The lowest BCUT2D eigenvalue weighted by atomic mass is 9.69. The Kier molecular flexibility index (Phi) is 5.74. The van der Waals surface area contributed by atoms with Crippen molar-refractivity contribution in [3.63, 3.8) is 0 Å². The van der Waals surface area contributed by atoms with E-state index in [0.29, 0.717) is 11.0 Å². The predicted octanol–water partition coefficient (Wildman–Crippen LogP) is 3.81. The zero-order valence-electron chi connectivity index (χ0n) is 15.1. The van der Waals surface area contributed by atoms with Gasteiger partial charge in [-0.3, -0.25) is 4.79 Å². The zero-order chi connectivity index (χ0) is 18.0. The average molecular weight is 352 g/mol. The molecule has 24 heavy (non-hydrogen) atoms. The van der Waals surface area contributed by atoms with Gasteiger partial charge < -0.3 is 5.32 Å². The number of amides is 1. The van der Waals surface area contributed by atoms with Gasteiger partial charge in [-0.2, -0.15) is 0 Å². The van der Waals surface area contributed by atoms with Gasteiger partial charge in [-0.1, -0.05) is 27.2 Å². The van der Waals surface area contributed by atoms with E-state index in [1.54, 1.807) is 12.1 Å². The first-order valence-corrected chi connectivity index (χ1v) is 10.6. The largest absolute Gasteiger partial charge is 0.349 e. The van der Waals surface area contributed by atoms with Gasteiger partial charge in [0.2, 0.25) is 0 Å². The number of carbonyl (C=O) groups is 1. The minimum atomic E-state index is -3.23. The fraction of sp³-hybridized carbons (Fsp3) is 0.632. The van der Waals surface area contributed by atoms with Crippen molar-refractivity contribution in [2.75, 3.05) is 6.26 Å². The molecule has 0 aliphatic heterocycles. The van der Waals surface area contributed by atoms with E-state index in [1.807, 2.05) is 0 Å². The number of carbonyl (C=O) groups excluding carboxylic acids is 1. The standard InChI is InChI=1S/C19H29NO3S/c1-5-19(2,3)15-8-10-16(11-9-15)20-18(21)14-6-12-17(13-7-14)24(4,22)23/h6-7,12-13,15-16H,5,8-11H2,1-4H3,(H,20,21). The average Bonchev–Trinajstić information content (AvgIpc) is 2.54. The molecule has 1 N–H and O–H groups in total. The molecule has 1 aromatic carbocycles. The summed E-state index contributed by atoms with van der Waals surface area (Å²) in [6.07, 6.45) is 6.68. The van der Waals surface area contributed by atoms with Crippen molar-refractivity contribution in [3.8, 4) is 0 Å². The van der Waals surface area contributed by atoms with Crippen molar-refractivity contribution in [1.82, 2.24) is 5.32 Å². The monoisotopic (exact) mass is 351 g/mol. The summed E-state index contributed by atoms with van der Waals surface area (Å²) in [4.78, 5) is 12.6. The number of nitrogens with one attached hydrogen (secondary N) is 1. The second-order valence-corrected chi connectivity index (χ2v) is 9.68. The van der Waals surface area contributed by atoms with Crippen LogP contribution < -0.4 is 5.32 Å². The van der Waals surface area contributed by atoms with Crippen molar-refractivity contribution in [2.24, 2.45) is 11.3 Å². The van der Waals surface area contributed by atoms with Crippen molar-refractivity contribution in [1.29, 1.82) is 0 Å². The van der Waals surface area contributed by atoms with Gasteiger partial charge in [0.25, 0.3) is 5.91 Å². The topological polar surface area (TPSA) is 63.2 Å². The Morgan fingerprint density at radius 2 is 1.67 bits per heavy atom. The molecule has 1 amide bonds. The van der Waals surface area contributed by atoms with E-state index in [4.69, 9.17) is 0 Å². The summed E-state index contributed by atoms with van der Waals surface area (Å²) in [5.74, 6) is 0.609. The highest BCUT2D eigenvalue weighted by molar-refractivity contribution is 7.90. The molecule has 1 aliphatic rings. The lowest BCUT2D eigenvalue weighted by Gasteiger charge is -2.39. The van der Waals surface area contributed by atoms with Gasteiger partial charge in [0.1, 0.15) is 0 Å². The molecule has 5 heteroatoms. The van der Waals surface area contributed by atoms with Crippen molar-refractivity contribution >= 4 is 15.7 Å². The van der Waals surface area contributed by atoms with E-state index < -0.39 is 9.84 Å². The third-order valence-electron chi connectivity index (χ3n) is 5.62. The van der Waals surface area contributed by atoms with Crippen LogP contribution >= 0.6 is 0 Å². The van der Waals surface area contributed by atoms with Crippen LogP contribution in [0.4, 0.5) is 0 Å². The molecule has 0 bridgehead atoms. The van der Waals surface area contributed by atoms with Gasteiger partial charge in [-0.25, -0.2) is 8.42 Å². The molecule has 0 radical (unpaired) electrons. The van der Waals surface area contributed by atoms with Crippen LogP contribution in [0.15, 0.2) is 29.2 Å². The molecule has 0 aromatic heterocycles. The molecule has 4 nitrogen and oxygen atoms in total. The van der Waals surface area contributed by atoms with Gasteiger partial charge in [-0.05, 0) is 61.3 Å². The predicted molar refractivity (Wildman–Crippen MR) is 96.8 cm³/mol. The zero-order valence-corrected chi connectivity index (χ0v) is 15.9. The Balaban J connectivity index is 1.92. The number of rotatable bonds is 5. The maximum absolute atomic E-state index is 12.3. The first-order valence-electron chi connectivity index (χ1n) is 8.74. The van der Waals surface area contributed by atoms with E-state index in [9.17, 15) is 13.2 Å². The minimum Gasteiger partial charge on any atom is -0.349 e. The molecule has 1 aliphatic carbocycles. The minimum absolute atomic E-state index is 0.117. The van der Waals surface area contributed by atoms with Crippen LogP contribution in [-0.2, 0) is 9.84 Å². The summed E-state index contributed by atoms with van der Waals surface area (Å²) in [6, 6.07) is 6.36. The SMILES string of the molecule is CCC(C)(C)C1CCC(NC(=O)c2ccc(S(C)(=O)=O)cc2)CC1. The summed E-state index contributed by atoms with van der Waals surface area (Å²) in [5, 5.41) is 3.09. The van der Waals surface area contributed by atoms with Gasteiger partial charge >= 0.3 is 0 Å². The summed E-state index contributed by atoms with van der Waals surface area (Å²) in [7, 11) is -3.23. The highest BCUT2D eigenvalue weighted by atomic mass is 32.2. The smallest absolute Gasteiger partial charge is 0.251 e. The Bertz CT molecular complexity index is 669. The van der Waals surface area contributed by atoms with E-state index in [1.165, 1.54) is 18.6 Å². The Hall–Kier alpha value is -1.36. The van der Waals surface area contributed by atoms with E-state index in [0.717, 1.165) is 37.9 Å². The summed E-state index contributed by atoms with van der Waals surface area (Å²) in [6.45, 7) is 6.91. The summed E-state index contributed by atoms with van der Waals surface area (Å²) < 4.78 is 22.9. The normalized spacial score (nSPS) is 22.2. The summed E-state index contributed by atoms with van der Waals surface area (Å²) >= 11 is 0. The first-order chi connectivity index (χ1) is 11.1. The number of hydrogen-bond acceptors (Lipinski definition) is 3. The molecule has 0 heterocycles. The lowest BCUT2D eigenvalue weighted by Crippen LogP contribution is -2.39. The lowest BCUT2D eigenvalue weighted by molar-refractivity contribution is 0.0893.